The molecule has 0 amide bonds. The molecule has 0 nitrogen and oxygen atoms in total. The van der Waals surface area contributed by atoms with Gasteiger partial charge in [-0.05, 0) is 54.3 Å². The molecule has 0 atom stereocenters. The van der Waals surface area contributed by atoms with Gasteiger partial charge in [-0.25, -0.2) is 0 Å². The van der Waals surface area contributed by atoms with Crippen molar-refractivity contribution < 1.29 is 0 Å². The molecule has 0 saturated heterocycles. The average molecular weight is 311 g/mol. The smallest absolute Gasteiger partial charge is 0.00723 e. The van der Waals surface area contributed by atoms with Crippen LogP contribution in [0.3, 0.4) is 0 Å². The number of unbranched alkanes of at least 4 members (excludes halogenated alkanes) is 2. The van der Waals surface area contributed by atoms with Crippen molar-refractivity contribution >= 4 is 11.8 Å². The van der Waals surface area contributed by atoms with Crippen LogP contribution in [-0.2, 0) is 6.42 Å². The van der Waals surface area contributed by atoms with Gasteiger partial charge in [-0.2, -0.15) is 0 Å². The number of thioether (sulfide) groups is 1. The normalized spacial score (nSPS) is 10.6. The van der Waals surface area contributed by atoms with E-state index in [0.717, 1.165) is 6.42 Å². The van der Waals surface area contributed by atoms with E-state index >= 15 is 0 Å². The van der Waals surface area contributed by atoms with Crippen molar-refractivity contribution in [3.8, 4) is 11.1 Å². The third kappa shape index (κ3) is 5.38. The van der Waals surface area contributed by atoms with Gasteiger partial charge in [-0.15, -0.1) is 11.8 Å². The van der Waals surface area contributed by atoms with Gasteiger partial charge < -0.3 is 0 Å². The minimum Gasteiger partial charge on any atom is -0.126 e. The van der Waals surface area contributed by atoms with Crippen molar-refractivity contribution in [2.45, 2.75) is 44.4 Å². The molecule has 0 spiro atoms. The summed E-state index contributed by atoms with van der Waals surface area (Å²) in [5.74, 6) is 1.22. The Hall–Kier alpha value is -1.47. The van der Waals surface area contributed by atoms with E-state index in [9.17, 15) is 0 Å². The number of rotatable bonds is 8. The van der Waals surface area contributed by atoms with E-state index in [1.807, 2.05) is 11.8 Å². The van der Waals surface area contributed by atoms with E-state index in [0.29, 0.717) is 0 Å². The fourth-order valence-electron chi connectivity index (χ4n) is 2.45. The van der Waals surface area contributed by atoms with Gasteiger partial charge in [-0.1, -0.05) is 68.3 Å². The highest BCUT2D eigenvalue weighted by Gasteiger charge is 2.00. The fourth-order valence-corrected chi connectivity index (χ4v) is 3.36. The molecule has 22 heavy (non-hydrogen) atoms. The van der Waals surface area contributed by atoms with E-state index in [4.69, 9.17) is 0 Å². The van der Waals surface area contributed by atoms with Crippen molar-refractivity contribution in [3.05, 3.63) is 66.2 Å². The van der Waals surface area contributed by atoms with Crippen LogP contribution in [0.5, 0.6) is 0 Å². The Bertz CT molecular complexity index is 578. The topological polar surface area (TPSA) is 0 Å². The minimum atomic E-state index is 0.966. The molecule has 0 bridgehead atoms. The van der Waals surface area contributed by atoms with Crippen molar-refractivity contribution in [2.24, 2.45) is 0 Å². The van der Waals surface area contributed by atoms with Gasteiger partial charge in [0.15, 0.2) is 0 Å². The first-order chi connectivity index (χ1) is 10.7. The van der Waals surface area contributed by atoms with Gasteiger partial charge in [0.05, 0.1) is 0 Å². The molecule has 116 valence electrons. The molecule has 2 aromatic carbocycles. The first kappa shape index (κ1) is 16.9. The Kier molecular flexibility index (Phi) is 6.79. The lowest BCUT2D eigenvalue weighted by atomic mass is 10.0. The van der Waals surface area contributed by atoms with Crippen molar-refractivity contribution in [1.29, 1.82) is 0 Å². The molecule has 0 heterocycles. The highest BCUT2D eigenvalue weighted by Crippen LogP contribution is 2.25. The van der Waals surface area contributed by atoms with Crippen molar-refractivity contribution in [2.75, 3.05) is 5.75 Å². The lowest BCUT2D eigenvalue weighted by Gasteiger charge is -2.06. The number of benzene rings is 2. The summed E-state index contributed by atoms with van der Waals surface area (Å²) in [5, 5.41) is 0. The third-order valence-electron chi connectivity index (χ3n) is 3.66. The molecule has 0 aliphatic rings. The van der Waals surface area contributed by atoms with Crippen LogP contribution in [0.4, 0.5) is 0 Å². The molecular weight excluding hydrogens is 284 g/mol. The van der Waals surface area contributed by atoms with Crippen LogP contribution < -0.4 is 0 Å². The van der Waals surface area contributed by atoms with Crippen LogP contribution >= 0.6 is 11.8 Å². The number of hydrogen-bond donors (Lipinski definition) is 0. The standard InChI is InChI=1S/C21H26S/c1-4-5-6-15-22-21-13-11-20(12-14-21)19-9-7-18(8-10-19)16-17(2)3/h7-14H,2,4-6,15-16H2,1,3H3. The molecule has 0 aliphatic heterocycles. The maximum absolute atomic E-state index is 3.97. The molecule has 1 heteroatoms. The summed E-state index contributed by atoms with van der Waals surface area (Å²) < 4.78 is 0. The second-order valence-corrected chi connectivity index (χ2v) is 7.08. The summed E-state index contributed by atoms with van der Waals surface area (Å²) in [4.78, 5) is 1.37. The lowest BCUT2D eigenvalue weighted by Crippen LogP contribution is -1.86. The summed E-state index contributed by atoms with van der Waals surface area (Å²) in [6, 6.07) is 17.8. The molecule has 0 fully saturated rings. The predicted molar refractivity (Wildman–Crippen MR) is 101 cm³/mol. The SMILES string of the molecule is C=C(C)Cc1ccc(-c2ccc(SCCCCC)cc2)cc1. The number of allylic oxidation sites excluding steroid dienone is 1. The summed E-state index contributed by atoms with van der Waals surface area (Å²) in [6.07, 6.45) is 4.91. The van der Waals surface area contributed by atoms with Crippen LogP contribution in [0, 0.1) is 0 Å². The first-order valence-electron chi connectivity index (χ1n) is 8.15. The molecular formula is C21H26S. The quantitative estimate of drug-likeness (QED) is 0.295. The van der Waals surface area contributed by atoms with Crippen molar-refractivity contribution in [3.63, 3.8) is 0 Å². The van der Waals surface area contributed by atoms with E-state index in [1.54, 1.807) is 0 Å². The zero-order chi connectivity index (χ0) is 15.8. The molecule has 0 aromatic heterocycles. The highest BCUT2D eigenvalue weighted by molar-refractivity contribution is 7.99. The zero-order valence-electron chi connectivity index (χ0n) is 13.8. The Morgan fingerprint density at radius 1 is 0.909 bits per heavy atom. The summed E-state index contributed by atoms with van der Waals surface area (Å²) >= 11 is 1.96. The monoisotopic (exact) mass is 310 g/mol. The second-order valence-electron chi connectivity index (χ2n) is 5.91. The highest BCUT2D eigenvalue weighted by atomic mass is 32.2. The molecule has 0 N–H and O–H groups in total. The van der Waals surface area contributed by atoms with Gasteiger partial charge in [0.1, 0.15) is 0 Å². The minimum absolute atomic E-state index is 0.966. The molecule has 0 saturated carbocycles. The van der Waals surface area contributed by atoms with Gasteiger partial charge in [0, 0.05) is 4.90 Å². The Morgan fingerprint density at radius 3 is 2.05 bits per heavy atom. The molecule has 0 aliphatic carbocycles. The largest absolute Gasteiger partial charge is 0.126 e. The Balaban J connectivity index is 1.96. The van der Waals surface area contributed by atoms with Crippen LogP contribution in [0.2, 0.25) is 0 Å². The lowest BCUT2D eigenvalue weighted by molar-refractivity contribution is 0.778. The zero-order valence-corrected chi connectivity index (χ0v) is 14.6. The van der Waals surface area contributed by atoms with E-state index in [1.165, 1.54) is 52.2 Å². The third-order valence-corrected chi connectivity index (χ3v) is 4.76. The molecule has 2 rings (SSSR count). The molecule has 0 radical (unpaired) electrons. The number of hydrogen-bond acceptors (Lipinski definition) is 1. The van der Waals surface area contributed by atoms with E-state index in [2.05, 4.69) is 69.0 Å². The Morgan fingerprint density at radius 2 is 1.50 bits per heavy atom. The van der Waals surface area contributed by atoms with Gasteiger partial charge in [0.2, 0.25) is 0 Å². The van der Waals surface area contributed by atoms with Crippen LogP contribution in [0.25, 0.3) is 11.1 Å². The summed E-state index contributed by atoms with van der Waals surface area (Å²) in [7, 11) is 0. The van der Waals surface area contributed by atoms with Gasteiger partial charge in [0.25, 0.3) is 0 Å². The molecule has 2 aromatic rings. The average Bonchev–Trinajstić information content (AvgIpc) is 2.52. The van der Waals surface area contributed by atoms with E-state index < -0.39 is 0 Å². The van der Waals surface area contributed by atoms with Crippen molar-refractivity contribution in [1.82, 2.24) is 0 Å². The maximum atomic E-state index is 3.97. The fraction of sp³-hybridized carbons (Fsp3) is 0.333. The maximum Gasteiger partial charge on any atom is 0.00723 e. The van der Waals surface area contributed by atoms with Gasteiger partial charge >= 0.3 is 0 Å². The Labute approximate surface area is 139 Å². The second kappa shape index (κ2) is 8.85. The molecule has 0 unspecified atom stereocenters. The van der Waals surface area contributed by atoms with E-state index in [-0.39, 0.29) is 0 Å². The van der Waals surface area contributed by atoms with Crippen LogP contribution in [0.1, 0.15) is 38.7 Å². The predicted octanol–water partition coefficient (Wildman–Crippen LogP) is 6.75. The summed E-state index contributed by atoms with van der Waals surface area (Å²) in [5.41, 5.74) is 5.12. The van der Waals surface area contributed by atoms with Crippen LogP contribution in [0.15, 0.2) is 65.6 Å². The van der Waals surface area contributed by atoms with Gasteiger partial charge in [-0.3, -0.25) is 0 Å². The summed E-state index contributed by atoms with van der Waals surface area (Å²) in [6.45, 7) is 8.30. The first-order valence-corrected chi connectivity index (χ1v) is 9.14. The van der Waals surface area contributed by atoms with Crippen LogP contribution in [-0.4, -0.2) is 5.75 Å².